The molecule has 2 aromatic heterocycles. The first-order valence-electron chi connectivity index (χ1n) is 30.6. The number of nitrogens with zero attached hydrogens (tertiary/aromatic N) is 10. The summed E-state index contributed by atoms with van der Waals surface area (Å²) in [5, 5.41) is 30.1. The molecule has 486 valence electrons. The van der Waals surface area contributed by atoms with Gasteiger partial charge in [-0.25, -0.2) is 9.59 Å². The summed E-state index contributed by atoms with van der Waals surface area (Å²) < 4.78 is 68.8. The number of nitrogens with two attached hydrogens (primary N) is 2. The van der Waals surface area contributed by atoms with Crippen LogP contribution in [0.25, 0.3) is 0 Å². The standard InChI is InChI=1S/C60H78Cl4N16O8S2/c61-39-27-51-49(53(63)29-39)31-55(75-21-7-9-41(65)35-75)57(51)87-47-15-11-45(12-16-47)79(89(83)84)25-5-3-23-77-37-43(71-73-77)33-69-59(81)67-19-1-2-20-68-60(82)70-34-44-38-78(74-72-44)24-4-6-26-80(90(85)86)46-13-17-48(18-14-46)88-58-52-28-40(62)30-54(64)50(52)32-56(58)76-22-8-10-42(66)36-76/h11-18,27-30,37-38,41-42,55-58H,1-10,19-26,31-36,65-66H2,(H,83,84)(H,85,86)(H2,67,69,81)(H2,68,70,82)/p-2/t41-,42-,55+,56+,57+,58+/m1/s1. The Morgan fingerprint density at radius 3 is 1.39 bits per heavy atom. The molecular weight excluding hydrogens is 1280 g/mol. The number of aryl methyl sites for hydroxylation is 2. The summed E-state index contributed by atoms with van der Waals surface area (Å²) >= 11 is 21.2. The largest absolute Gasteiger partial charge is 0.755 e. The number of unbranched alkanes of at least 4 members (excludes halogenated alkanes) is 3. The van der Waals surface area contributed by atoms with Gasteiger partial charge in [0.2, 0.25) is 0 Å². The van der Waals surface area contributed by atoms with Crippen molar-refractivity contribution in [3.05, 3.63) is 139 Å². The second-order valence-electron chi connectivity index (χ2n) is 23.2. The number of benzene rings is 4. The van der Waals surface area contributed by atoms with Gasteiger partial charge < -0.3 is 59.9 Å². The predicted molar refractivity (Wildman–Crippen MR) is 346 cm³/mol. The van der Waals surface area contributed by atoms with E-state index in [4.69, 9.17) is 67.3 Å². The molecule has 0 radical (unpaired) electrons. The van der Waals surface area contributed by atoms with E-state index in [2.05, 4.69) is 51.7 Å². The minimum atomic E-state index is -2.52. The molecule has 4 amide bonds. The maximum absolute atomic E-state index is 12.5. The molecule has 4 heterocycles. The molecule has 90 heavy (non-hydrogen) atoms. The lowest BCUT2D eigenvalue weighted by Crippen LogP contribution is -2.49. The molecule has 8 N–H and O–H groups in total. The van der Waals surface area contributed by atoms with E-state index < -0.39 is 22.5 Å². The number of halogens is 4. The van der Waals surface area contributed by atoms with Gasteiger partial charge in [-0.15, -0.1) is 10.2 Å². The van der Waals surface area contributed by atoms with Crippen LogP contribution in [0.2, 0.25) is 20.1 Å². The van der Waals surface area contributed by atoms with E-state index in [0.29, 0.717) is 132 Å². The summed E-state index contributed by atoms with van der Waals surface area (Å²) in [6.07, 6.45) is 11.8. The summed E-state index contributed by atoms with van der Waals surface area (Å²) in [5.74, 6) is 1.19. The minimum absolute atomic E-state index is 0.0232. The lowest BCUT2D eigenvalue weighted by molar-refractivity contribution is 0.0593. The predicted octanol–water partition coefficient (Wildman–Crippen LogP) is 7.66. The van der Waals surface area contributed by atoms with Crippen molar-refractivity contribution >= 4 is 92.4 Å². The van der Waals surface area contributed by atoms with E-state index in [1.54, 1.807) is 82.4 Å². The highest BCUT2D eigenvalue weighted by Gasteiger charge is 2.42. The quantitative estimate of drug-likeness (QED) is 0.0194. The second kappa shape index (κ2) is 32.1. The third-order valence-electron chi connectivity index (χ3n) is 16.8. The van der Waals surface area contributed by atoms with Crippen LogP contribution in [0.3, 0.4) is 0 Å². The van der Waals surface area contributed by atoms with Gasteiger partial charge in [-0.05, 0) is 174 Å². The Labute approximate surface area is 549 Å². The fourth-order valence-electron chi connectivity index (χ4n) is 12.3. The van der Waals surface area contributed by atoms with Gasteiger partial charge in [0.25, 0.3) is 0 Å². The molecule has 2 fully saturated rings. The van der Waals surface area contributed by atoms with Gasteiger partial charge in [-0.1, -0.05) is 56.8 Å². The molecule has 4 aromatic carbocycles. The first kappa shape index (κ1) is 67.0. The van der Waals surface area contributed by atoms with Crippen LogP contribution in [0.15, 0.2) is 85.2 Å². The molecule has 2 aliphatic heterocycles. The summed E-state index contributed by atoms with van der Waals surface area (Å²) in [6.45, 7) is 5.94. The number of amides is 4. The highest BCUT2D eigenvalue weighted by molar-refractivity contribution is 7.80. The summed E-state index contributed by atoms with van der Waals surface area (Å²) in [6, 6.07) is 20.9. The number of urea groups is 2. The van der Waals surface area contributed by atoms with Crippen molar-refractivity contribution in [2.45, 2.75) is 140 Å². The number of carbonyl (C=O) groups is 2. The highest BCUT2D eigenvalue weighted by atomic mass is 35.5. The van der Waals surface area contributed by atoms with Crippen molar-refractivity contribution in [2.24, 2.45) is 11.5 Å². The average molecular weight is 1360 g/mol. The average Bonchev–Trinajstić information content (AvgIpc) is 1.63. The minimum Gasteiger partial charge on any atom is -0.755 e. The topological polar surface area (TPSA) is 307 Å². The van der Waals surface area contributed by atoms with Gasteiger partial charge in [-0.3, -0.25) is 27.6 Å². The van der Waals surface area contributed by atoms with Gasteiger partial charge in [0, 0.05) is 130 Å². The lowest BCUT2D eigenvalue weighted by Gasteiger charge is -2.38. The first-order chi connectivity index (χ1) is 43.5. The molecule has 4 aliphatic rings. The molecule has 0 spiro atoms. The number of nitrogens with one attached hydrogen (secondary N) is 4. The Morgan fingerprint density at radius 1 is 0.589 bits per heavy atom. The van der Waals surface area contributed by atoms with Crippen LogP contribution >= 0.6 is 46.4 Å². The zero-order valence-corrected chi connectivity index (χ0v) is 54.4. The Hall–Kier alpha value is -5.88. The van der Waals surface area contributed by atoms with Crippen molar-refractivity contribution in [3.8, 4) is 11.5 Å². The highest BCUT2D eigenvalue weighted by Crippen LogP contribution is 2.45. The van der Waals surface area contributed by atoms with E-state index in [1.165, 1.54) is 8.61 Å². The number of hydrogen-bond acceptors (Lipinski definition) is 16. The molecule has 2 aliphatic carbocycles. The Morgan fingerprint density at radius 2 is 1.00 bits per heavy atom. The van der Waals surface area contributed by atoms with Gasteiger partial charge in [-0.2, -0.15) is 0 Å². The van der Waals surface area contributed by atoms with Crippen LogP contribution in [0, 0.1) is 0 Å². The van der Waals surface area contributed by atoms with Crippen LogP contribution in [-0.2, 0) is 61.6 Å². The fraction of sp³-hybridized carbons (Fsp3) is 0.500. The first-order valence-corrected chi connectivity index (χ1v) is 34.1. The number of ether oxygens (including phenoxy) is 2. The molecular formula is C60H76Cl4N16O8S2-2. The molecule has 10 rings (SSSR count). The van der Waals surface area contributed by atoms with E-state index in [9.17, 15) is 27.1 Å². The summed E-state index contributed by atoms with van der Waals surface area (Å²) in [5.41, 5.74) is 18.8. The second-order valence-corrected chi connectivity index (χ2v) is 26.7. The van der Waals surface area contributed by atoms with Crippen molar-refractivity contribution < 1.29 is 36.6 Å². The zero-order valence-electron chi connectivity index (χ0n) is 49.7. The molecule has 6 aromatic rings. The fourth-order valence-corrected chi connectivity index (χ4v) is 14.6. The molecule has 8 atom stereocenters. The zero-order chi connectivity index (χ0) is 63.3. The van der Waals surface area contributed by atoms with Gasteiger partial charge >= 0.3 is 12.1 Å². The van der Waals surface area contributed by atoms with Gasteiger partial charge in [0.1, 0.15) is 35.1 Å². The smallest absolute Gasteiger partial charge is 0.315 e. The van der Waals surface area contributed by atoms with Crippen molar-refractivity contribution in [2.75, 3.05) is 61.0 Å². The van der Waals surface area contributed by atoms with E-state index in [-0.39, 0.29) is 74.6 Å². The van der Waals surface area contributed by atoms with Crippen molar-refractivity contribution in [3.63, 3.8) is 0 Å². The normalized spacial score (nSPS) is 20.6. The number of likely N-dealkylation sites (tertiary alicyclic amines) is 2. The number of rotatable bonds is 29. The summed E-state index contributed by atoms with van der Waals surface area (Å²) in [7, 11) is 0. The van der Waals surface area contributed by atoms with Crippen LogP contribution in [0.5, 0.6) is 11.5 Å². The van der Waals surface area contributed by atoms with E-state index in [1.807, 2.05) is 12.1 Å². The third kappa shape index (κ3) is 18.0. The van der Waals surface area contributed by atoms with Crippen LogP contribution in [0.1, 0.15) is 110 Å². The number of hydrogen-bond donors (Lipinski definition) is 6. The molecule has 24 nitrogen and oxygen atoms in total. The number of fused-ring (bicyclic) bond motifs is 2. The number of anilines is 2. The number of piperidine rings is 2. The van der Waals surface area contributed by atoms with Crippen LogP contribution < -0.4 is 50.8 Å². The number of aromatic nitrogens is 6. The van der Waals surface area contributed by atoms with Crippen LogP contribution in [0.4, 0.5) is 21.0 Å². The number of carbonyl (C=O) groups excluding carboxylic acids is 2. The van der Waals surface area contributed by atoms with Crippen LogP contribution in [-0.4, -0.2) is 146 Å². The molecule has 2 saturated heterocycles. The lowest BCUT2D eigenvalue weighted by atomic mass is 10.0. The molecule has 0 saturated carbocycles. The Kier molecular flexibility index (Phi) is 23.9. The third-order valence-corrected chi connectivity index (χ3v) is 19.4. The summed E-state index contributed by atoms with van der Waals surface area (Å²) in [4.78, 5) is 29.8. The van der Waals surface area contributed by atoms with E-state index >= 15 is 0 Å². The van der Waals surface area contributed by atoms with Gasteiger partial charge in [0.15, 0.2) is 0 Å². The Balaban J connectivity index is 0.565. The molecule has 0 bridgehead atoms. The van der Waals surface area contributed by atoms with Gasteiger partial charge in [0.05, 0.1) is 37.6 Å². The van der Waals surface area contributed by atoms with Crippen molar-refractivity contribution in [1.82, 2.24) is 61.1 Å². The maximum Gasteiger partial charge on any atom is 0.315 e. The SMILES string of the molecule is N[C@@H]1CCCN([C@H]2Cc3c(Cl)cc(Cl)cc3[C@@H]2Oc2ccc(N(CCCCn3cc(CNC(=O)NCCCCNC(=O)NCc4cn(CCCCN(c5ccc(O[C@H]6c7cc(Cl)cc(Cl)c7C[C@@H]6N6CCC[C@@H](N)C6)cc5)S(=O)[O-])nn4)nn3)S(=O)[O-])cc2)C1. The Bertz CT molecular complexity index is 3210. The monoisotopic (exact) mass is 1350 g/mol. The van der Waals surface area contributed by atoms with E-state index in [0.717, 1.165) is 74.1 Å². The molecule has 2 unspecified atom stereocenters. The maximum atomic E-state index is 12.5. The molecule has 30 heteroatoms. The van der Waals surface area contributed by atoms with Crippen molar-refractivity contribution in [1.29, 1.82) is 0 Å².